The van der Waals surface area contributed by atoms with Crippen LogP contribution in [0.4, 0.5) is 10.5 Å². The highest BCUT2D eigenvalue weighted by molar-refractivity contribution is 5.90. The van der Waals surface area contributed by atoms with Crippen molar-refractivity contribution >= 4 is 11.7 Å². The molecule has 2 N–H and O–H groups in total. The van der Waals surface area contributed by atoms with Crippen LogP contribution in [0.15, 0.2) is 4.52 Å². The molecule has 1 aliphatic heterocycles. The van der Waals surface area contributed by atoms with Crippen molar-refractivity contribution in [2.75, 3.05) is 18.4 Å². The maximum Gasteiger partial charge on any atom is 0.319 e. The monoisotopic (exact) mass is 346 g/mol. The van der Waals surface area contributed by atoms with Crippen molar-refractivity contribution in [1.29, 1.82) is 0 Å². The first-order valence-electron chi connectivity index (χ1n) is 9.98. The molecule has 1 aromatic rings. The lowest BCUT2D eigenvalue weighted by atomic mass is 9.92. The first kappa shape index (κ1) is 16.9. The summed E-state index contributed by atoms with van der Waals surface area (Å²) >= 11 is 0. The molecule has 0 aromatic carbocycles. The predicted molar refractivity (Wildman–Crippen MR) is 96.8 cm³/mol. The highest BCUT2D eigenvalue weighted by atomic mass is 16.5. The number of nitrogens with zero attached hydrogens (tertiary/aromatic N) is 2. The Morgan fingerprint density at radius 2 is 1.92 bits per heavy atom. The molecule has 6 heteroatoms. The molecule has 0 unspecified atom stereocenters. The van der Waals surface area contributed by atoms with Gasteiger partial charge < -0.3 is 15.2 Å². The number of anilines is 1. The van der Waals surface area contributed by atoms with Crippen LogP contribution in [0.2, 0.25) is 0 Å². The van der Waals surface area contributed by atoms with Crippen LogP contribution in [0.25, 0.3) is 0 Å². The van der Waals surface area contributed by atoms with Gasteiger partial charge in [-0.15, -0.1) is 0 Å². The molecule has 2 saturated carbocycles. The van der Waals surface area contributed by atoms with Crippen molar-refractivity contribution in [2.45, 2.75) is 82.7 Å². The fourth-order valence-electron chi connectivity index (χ4n) is 4.40. The van der Waals surface area contributed by atoms with Crippen molar-refractivity contribution < 1.29 is 9.32 Å². The molecular formula is C19H30N4O2. The van der Waals surface area contributed by atoms with Gasteiger partial charge in [-0.05, 0) is 52.0 Å². The van der Waals surface area contributed by atoms with Gasteiger partial charge in [0.2, 0.25) is 0 Å². The Morgan fingerprint density at radius 3 is 2.68 bits per heavy atom. The van der Waals surface area contributed by atoms with Gasteiger partial charge in [0.15, 0.2) is 5.76 Å². The summed E-state index contributed by atoms with van der Waals surface area (Å²) in [4.78, 5) is 15.1. The highest BCUT2D eigenvalue weighted by Gasteiger charge is 2.33. The van der Waals surface area contributed by atoms with Crippen LogP contribution in [0.5, 0.6) is 0 Å². The molecule has 0 spiro atoms. The number of rotatable bonds is 4. The highest BCUT2D eigenvalue weighted by Crippen LogP contribution is 2.44. The number of aromatic nitrogens is 1. The van der Waals surface area contributed by atoms with Crippen LogP contribution in [0.3, 0.4) is 0 Å². The summed E-state index contributed by atoms with van der Waals surface area (Å²) in [6.45, 7) is 4.05. The summed E-state index contributed by atoms with van der Waals surface area (Å²) in [6, 6.07) is 0.840. The minimum absolute atomic E-state index is 0.122. The summed E-state index contributed by atoms with van der Waals surface area (Å²) in [5, 5.41) is 10.2. The normalized spacial score (nSPS) is 25.7. The first-order valence-corrected chi connectivity index (χ1v) is 9.98. The number of piperidine rings is 1. The Kier molecular flexibility index (Phi) is 4.97. The van der Waals surface area contributed by atoms with Crippen LogP contribution in [-0.4, -0.2) is 41.3 Å². The second-order valence-corrected chi connectivity index (χ2v) is 8.01. The summed E-state index contributed by atoms with van der Waals surface area (Å²) in [7, 11) is 0. The molecule has 3 aliphatic rings. The smallest absolute Gasteiger partial charge is 0.319 e. The fourth-order valence-corrected chi connectivity index (χ4v) is 4.40. The van der Waals surface area contributed by atoms with E-state index in [9.17, 15) is 4.79 Å². The molecule has 4 rings (SSSR count). The number of hydrogen-bond donors (Lipinski definition) is 2. The summed E-state index contributed by atoms with van der Waals surface area (Å²) < 4.78 is 5.41. The average molecular weight is 346 g/mol. The predicted octanol–water partition coefficient (Wildman–Crippen LogP) is 3.78. The summed E-state index contributed by atoms with van der Waals surface area (Å²) in [5.41, 5.74) is 1.55. The Morgan fingerprint density at radius 1 is 1.12 bits per heavy atom. The van der Waals surface area contributed by atoms with Crippen molar-refractivity contribution in [3.05, 3.63) is 11.5 Å². The topological polar surface area (TPSA) is 70.4 Å². The molecule has 138 valence electrons. The molecule has 3 fully saturated rings. The van der Waals surface area contributed by atoms with Gasteiger partial charge in [0.05, 0.1) is 0 Å². The third-order valence-corrected chi connectivity index (χ3v) is 5.95. The lowest BCUT2D eigenvalue weighted by molar-refractivity contribution is 0.113. The van der Waals surface area contributed by atoms with Gasteiger partial charge in [-0.3, -0.25) is 4.90 Å². The van der Waals surface area contributed by atoms with E-state index >= 15 is 0 Å². The van der Waals surface area contributed by atoms with Gasteiger partial charge in [-0.25, -0.2) is 4.79 Å². The standard InChI is InChI=1S/C19H30N4O2/c1-13-17(18(25-22-13)14-9-10-14)21-19(24)20-15-6-5-11-23(12-15)16-7-3-2-4-8-16/h14-16H,2-12H2,1H3,(H2,20,21,24)/t15-/m1/s1. The lowest BCUT2D eigenvalue weighted by Gasteiger charge is -2.40. The Balaban J connectivity index is 1.32. The van der Waals surface area contributed by atoms with Crippen molar-refractivity contribution in [1.82, 2.24) is 15.4 Å². The van der Waals surface area contributed by atoms with E-state index in [0.29, 0.717) is 5.92 Å². The molecular weight excluding hydrogens is 316 g/mol. The van der Waals surface area contributed by atoms with Gasteiger partial charge >= 0.3 is 6.03 Å². The summed E-state index contributed by atoms with van der Waals surface area (Å²) in [5.74, 6) is 1.29. The van der Waals surface area contributed by atoms with Gasteiger partial charge in [-0.2, -0.15) is 0 Å². The minimum atomic E-state index is -0.122. The van der Waals surface area contributed by atoms with Gasteiger partial charge in [0, 0.05) is 24.5 Å². The van der Waals surface area contributed by atoms with Crippen LogP contribution in [-0.2, 0) is 0 Å². The van der Waals surface area contributed by atoms with Crippen LogP contribution < -0.4 is 10.6 Å². The number of hydrogen-bond acceptors (Lipinski definition) is 4. The minimum Gasteiger partial charge on any atom is -0.359 e. The summed E-state index contributed by atoms with van der Waals surface area (Å²) in [6.07, 6.45) is 11.2. The van der Waals surface area contributed by atoms with Crippen molar-refractivity contribution in [2.24, 2.45) is 0 Å². The molecule has 6 nitrogen and oxygen atoms in total. The number of likely N-dealkylation sites (tertiary alicyclic amines) is 1. The number of urea groups is 1. The van der Waals surface area contributed by atoms with E-state index < -0.39 is 0 Å². The molecule has 1 saturated heterocycles. The number of amides is 2. The van der Waals surface area contributed by atoms with Crippen molar-refractivity contribution in [3.8, 4) is 0 Å². The number of carbonyl (C=O) groups is 1. The molecule has 1 atom stereocenters. The average Bonchev–Trinajstić information content (AvgIpc) is 3.41. The van der Waals surface area contributed by atoms with E-state index in [2.05, 4.69) is 20.7 Å². The zero-order valence-corrected chi connectivity index (χ0v) is 15.2. The van der Waals surface area contributed by atoms with Gasteiger partial charge in [0.25, 0.3) is 0 Å². The molecule has 1 aromatic heterocycles. The first-order chi connectivity index (χ1) is 12.2. The molecule has 2 heterocycles. The number of nitrogens with one attached hydrogen (secondary N) is 2. The van der Waals surface area contributed by atoms with E-state index in [4.69, 9.17) is 4.52 Å². The van der Waals surface area contributed by atoms with E-state index in [0.717, 1.165) is 49.0 Å². The molecule has 0 bridgehead atoms. The van der Waals surface area contributed by atoms with E-state index in [1.54, 1.807) is 0 Å². The van der Waals surface area contributed by atoms with E-state index in [-0.39, 0.29) is 12.1 Å². The van der Waals surface area contributed by atoms with E-state index in [1.165, 1.54) is 45.1 Å². The quantitative estimate of drug-likeness (QED) is 0.870. The Bertz CT molecular complexity index is 605. The SMILES string of the molecule is Cc1noc(C2CC2)c1NC(=O)N[C@@H]1CCCN(C2CCCCC2)C1. The molecule has 2 aliphatic carbocycles. The maximum atomic E-state index is 12.5. The maximum absolute atomic E-state index is 12.5. The zero-order chi connectivity index (χ0) is 17.2. The van der Waals surface area contributed by atoms with Crippen molar-refractivity contribution in [3.63, 3.8) is 0 Å². The zero-order valence-electron chi connectivity index (χ0n) is 15.2. The Labute approximate surface area is 149 Å². The third-order valence-electron chi connectivity index (χ3n) is 5.95. The van der Waals surface area contributed by atoms with Crippen LogP contribution in [0, 0.1) is 6.92 Å². The van der Waals surface area contributed by atoms with Crippen LogP contribution >= 0.6 is 0 Å². The second kappa shape index (κ2) is 7.36. The number of carbonyl (C=O) groups excluding carboxylic acids is 1. The van der Waals surface area contributed by atoms with E-state index in [1.807, 2.05) is 6.92 Å². The van der Waals surface area contributed by atoms with Gasteiger partial charge in [0.1, 0.15) is 11.4 Å². The van der Waals surface area contributed by atoms with Crippen LogP contribution in [0.1, 0.15) is 75.2 Å². The molecule has 25 heavy (non-hydrogen) atoms. The Hall–Kier alpha value is -1.56. The second-order valence-electron chi connectivity index (χ2n) is 8.01. The third kappa shape index (κ3) is 4.00. The van der Waals surface area contributed by atoms with Gasteiger partial charge in [-0.1, -0.05) is 24.4 Å². The largest absolute Gasteiger partial charge is 0.359 e. The fraction of sp³-hybridized carbons (Fsp3) is 0.789. The lowest BCUT2D eigenvalue weighted by Crippen LogP contribution is -2.52. The molecule has 2 amide bonds. The molecule has 0 radical (unpaired) electrons. The number of aryl methyl sites for hydroxylation is 1.